The highest BCUT2D eigenvalue weighted by atomic mass is 15.2. The summed E-state index contributed by atoms with van der Waals surface area (Å²) in [5, 5.41) is 0. The van der Waals surface area contributed by atoms with Gasteiger partial charge in [-0.2, -0.15) is 0 Å². The number of hydrogen-bond acceptors (Lipinski definition) is 0. The molecule has 2 aromatic carbocycles. The smallest absolute Gasteiger partial charge is 0.211 e. The van der Waals surface area contributed by atoms with Crippen molar-refractivity contribution in [2.75, 3.05) is 0 Å². The van der Waals surface area contributed by atoms with Crippen molar-refractivity contribution in [2.24, 2.45) is 0 Å². The first-order valence-electron chi connectivity index (χ1n) is 22.2. The predicted octanol–water partition coefficient (Wildman–Crippen LogP) is 16.1. The Morgan fingerprint density at radius 3 is 1.08 bits per heavy atom. The highest BCUT2D eigenvalue weighted by Crippen LogP contribution is 2.43. The molecule has 2 nitrogen and oxygen atoms in total. The van der Waals surface area contributed by atoms with Gasteiger partial charge in [-0.05, 0) is 118 Å². The summed E-state index contributed by atoms with van der Waals surface area (Å²) < 4.78 is 1.63. The molecule has 1 heterocycles. The van der Waals surface area contributed by atoms with Crippen LogP contribution >= 0.6 is 0 Å². The Labute approximate surface area is 316 Å². The molecule has 0 bridgehead atoms. The maximum atomic E-state index is 12.4. The second-order valence-corrected chi connectivity index (χ2v) is 15.9. The monoisotopic (exact) mass is 695 g/mol. The molecule has 0 atom stereocenters. The Kier molecular flexibility index (Phi) is 21.5. The average Bonchev–Trinajstić information content (AvgIpc) is 3.38. The number of benzene rings is 2. The lowest BCUT2D eigenvalue weighted by Crippen LogP contribution is -2.05. The first-order chi connectivity index (χ1) is 25.0. The lowest BCUT2D eigenvalue weighted by Gasteiger charge is -2.15. The van der Waals surface area contributed by atoms with Gasteiger partial charge in [-0.15, -0.1) is 0 Å². The van der Waals surface area contributed by atoms with Crippen LogP contribution in [0.2, 0.25) is 0 Å². The van der Waals surface area contributed by atoms with Gasteiger partial charge in [0.1, 0.15) is 0 Å². The molecule has 0 aliphatic carbocycles. The average molecular weight is 695 g/mol. The summed E-state index contributed by atoms with van der Waals surface area (Å²) in [6.45, 7) is 13.8. The Balaban J connectivity index is 1.99. The quantitative estimate of drug-likeness (QED) is 0.0598. The lowest BCUT2D eigenvalue weighted by molar-refractivity contribution is -0.345. The van der Waals surface area contributed by atoms with Gasteiger partial charge in [0.15, 0.2) is 0 Å². The van der Waals surface area contributed by atoms with Gasteiger partial charge < -0.3 is 5.53 Å². The van der Waals surface area contributed by atoms with E-state index in [1.54, 1.807) is 4.70 Å². The molecule has 0 aromatic heterocycles. The van der Waals surface area contributed by atoms with E-state index in [0.717, 1.165) is 43.5 Å². The van der Waals surface area contributed by atoms with Crippen molar-refractivity contribution in [3.8, 4) is 0 Å². The number of nitrogens with zero attached hydrogens (tertiary/aromatic N) is 2. The lowest BCUT2D eigenvalue weighted by atomic mass is 9.92. The maximum absolute atomic E-state index is 12.4. The van der Waals surface area contributed by atoms with Crippen LogP contribution in [0.4, 0.5) is 0 Å². The second kappa shape index (κ2) is 25.5. The van der Waals surface area contributed by atoms with Crippen LogP contribution in [0.15, 0.2) is 47.5 Å². The van der Waals surface area contributed by atoms with E-state index < -0.39 is 0 Å². The molecule has 1 aliphatic heterocycles. The molecule has 0 unspecified atom stereocenters. The molecule has 0 saturated carbocycles. The molecule has 1 aliphatic rings. The number of aryl methyl sites for hydroxylation is 4. The van der Waals surface area contributed by atoms with Crippen molar-refractivity contribution >= 4 is 11.4 Å². The fourth-order valence-electron chi connectivity index (χ4n) is 8.10. The van der Waals surface area contributed by atoms with Crippen LogP contribution in [0.25, 0.3) is 16.9 Å². The third-order valence-electron chi connectivity index (χ3n) is 11.2. The van der Waals surface area contributed by atoms with E-state index in [-0.39, 0.29) is 0 Å². The third-order valence-corrected chi connectivity index (χ3v) is 11.2. The zero-order chi connectivity index (χ0) is 36.7. The molecule has 2 heteroatoms. The molecule has 0 saturated heterocycles. The molecule has 51 heavy (non-hydrogen) atoms. The summed E-state index contributed by atoms with van der Waals surface area (Å²) in [6.07, 6.45) is 33.9. The van der Waals surface area contributed by atoms with Gasteiger partial charge in [-0.3, -0.25) is 0 Å². The van der Waals surface area contributed by atoms with Gasteiger partial charge in [-0.1, -0.05) is 156 Å². The summed E-state index contributed by atoms with van der Waals surface area (Å²) in [7, 11) is 0. The molecular weight excluding hydrogens is 617 g/mol. The van der Waals surface area contributed by atoms with Crippen molar-refractivity contribution < 1.29 is 4.70 Å². The SMILES string of the molecule is CCCCCCCCC1=C(c2cc(CCCC)cc(CCCCCCCC)c2)[N+](=[N-])C(c2cc(CCCC)cc(CCCCCCCC)c2)=C1C. The minimum atomic E-state index is 1.02. The fourth-order valence-corrected chi connectivity index (χ4v) is 8.10. The zero-order valence-corrected chi connectivity index (χ0v) is 34.5. The van der Waals surface area contributed by atoms with E-state index in [1.807, 2.05) is 0 Å². The largest absolute Gasteiger partial charge is 0.493 e. The molecule has 0 radical (unpaired) electrons. The highest BCUT2D eigenvalue weighted by Gasteiger charge is 2.34. The molecule has 0 amide bonds. The number of allylic oxidation sites excluding steroid dienone is 2. The molecular formula is C49H78N2. The van der Waals surface area contributed by atoms with Gasteiger partial charge in [0, 0.05) is 22.3 Å². The molecule has 284 valence electrons. The van der Waals surface area contributed by atoms with Crippen LogP contribution in [-0.4, -0.2) is 4.70 Å². The van der Waals surface area contributed by atoms with E-state index in [0.29, 0.717) is 0 Å². The number of unbranched alkanes of at least 4 members (excludes halogenated alkanes) is 17. The highest BCUT2D eigenvalue weighted by molar-refractivity contribution is 5.82. The minimum absolute atomic E-state index is 1.02. The van der Waals surface area contributed by atoms with Crippen molar-refractivity contribution in [2.45, 2.75) is 215 Å². The molecule has 0 fully saturated rings. The second-order valence-electron chi connectivity index (χ2n) is 15.9. The molecule has 0 spiro atoms. The number of rotatable bonds is 29. The molecule has 0 N–H and O–H groups in total. The van der Waals surface area contributed by atoms with E-state index in [1.165, 1.54) is 186 Å². The van der Waals surface area contributed by atoms with Gasteiger partial charge in [0.2, 0.25) is 11.4 Å². The first kappa shape index (κ1) is 42.9. The van der Waals surface area contributed by atoms with Crippen LogP contribution in [0.5, 0.6) is 0 Å². The summed E-state index contributed by atoms with van der Waals surface area (Å²) in [6, 6.07) is 14.6. The predicted molar refractivity (Wildman–Crippen MR) is 225 cm³/mol. The number of hydrogen-bond donors (Lipinski definition) is 0. The van der Waals surface area contributed by atoms with E-state index in [4.69, 9.17) is 0 Å². The van der Waals surface area contributed by atoms with Crippen LogP contribution in [0, 0.1) is 0 Å². The summed E-state index contributed by atoms with van der Waals surface area (Å²) >= 11 is 0. The summed E-state index contributed by atoms with van der Waals surface area (Å²) in [5.74, 6) is 0. The normalized spacial score (nSPS) is 13.3. The first-order valence-corrected chi connectivity index (χ1v) is 22.2. The Morgan fingerprint density at radius 2 is 0.686 bits per heavy atom. The Bertz CT molecular complexity index is 1360. The Hall–Kier alpha value is -2.48. The van der Waals surface area contributed by atoms with Crippen LogP contribution in [-0.2, 0) is 25.7 Å². The van der Waals surface area contributed by atoms with E-state index in [2.05, 4.69) is 77.9 Å². The van der Waals surface area contributed by atoms with Crippen LogP contribution in [0.3, 0.4) is 0 Å². The van der Waals surface area contributed by atoms with Crippen molar-refractivity contribution in [1.29, 1.82) is 0 Å². The minimum Gasteiger partial charge on any atom is -0.493 e. The zero-order valence-electron chi connectivity index (χ0n) is 34.5. The van der Waals surface area contributed by atoms with Gasteiger partial charge >= 0.3 is 0 Å². The standard InChI is InChI=1S/C49H78N2/c1-7-12-17-20-23-26-31-43-34-41(29-15-10-4)36-45(37-43)48-40(6)47(33-28-25-22-19-14-9-3)49(51(48)50)46-38-42(30-16-11-5)35-44(39-46)32-27-24-21-18-13-8-2/h34-39H,7-33H2,1-6H3. The third kappa shape index (κ3) is 14.8. The summed E-state index contributed by atoms with van der Waals surface area (Å²) in [5.41, 5.74) is 25.3. The fraction of sp³-hybridized carbons (Fsp3) is 0.673. The van der Waals surface area contributed by atoms with E-state index >= 15 is 0 Å². The topological polar surface area (TPSA) is 25.3 Å². The van der Waals surface area contributed by atoms with Crippen molar-refractivity contribution in [3.63, 3.8) is 0 Å². The van der Waals surface area contributed by atoms with Crippen LogP contribution < -0.4 is 0 Å². The van der Waals surface area contributed by atoms with Gasteiger partial charge in [-0.25, -0.2) is 4.70 Å². The van der Waals surface area contributed by atoms with Crippen molar-refractivity contribution in [3.05, 3.63) is 86.5 Å². The van der Waals surface area contributed by atoms with E-state index in [9.17, 15) is 5.53 Å². The van der Waals surface area contributed by atoms with Gasteiger partial charge in [0.25, 0.3) is 0 Å². The van der Waals surface area contributed by atoms with Gasteiger partial charge in [0.05, 0.1) is 0 Å². The van der Waals surface area contributed by atoms with Crippen molar-refractivity contribution in [1.82, 2.24) is 0 Å². The molecule has 3 rings (SSSR count). The summed E-state index contributed by atoms with van der Waals surface area (Å²) in [4.78, 5) is 0. The molecule has 2 aromatic rings. The van der Waals surface area contributed by atoms with Crippen LogP contribution in [0.1, 0.15) is 223 Å². The maximum Gasteiger partial charge on any atom is 0.211 e. The Morgan fingerprint density at radius 1 is 0.373 bits per heavy atom.